The number of nitrogens with zero attached hydrogens (tertiary/aromatic N) is 2. The van der Waals surface area contributed by atoms with E-state index in [1.165, 1.54) is 35.0 Å². The van der Waals surface area contributed by atoms with Crippen LogP contribution >= 0.6 is 23.2 Å². The van der Waals surface area contributed by atoms with E-state index in [-0.39, 0.29) is 21.4 Å². The third-order valence-electron chi connectivity index (χ3n) is 3.54. The van der Waals surface area contributed by atoms with E-state index < -0.39 is 17.8 Å². The van der Waals surface area contributed by atoms with Crippen molar-refractivity contribution in [3.8, 4) is 5.69 Å². The number of aromatic nitrogens is 2. The van der Waals surface area contributed by atoms with Gasteiger partial charge in [-0.05, 0) is 37.3 Å². The Morgan fingerprint density at radius 1 is 1.07 bits per heavy atom. The Morgan fingerprint density at radius 3 is 2.41 bits per heavy atom. The highest BCUT2D eigenvalue weighted by Gasteiger charge is 2.18. The maximum absolute atomic E-state index is 13.5. The summed E-state index contributed by atoms with van der Waals surface area (Å²) in [6.45, 7) is 1.72. The number of halogens is 3. The molecule has 9 heteroatoms. The van der Waals surface area contributed by atoms with E-state index in [4.69, 9.17) is 23.2 Å². The van der Waals surface area contributed by atoms with Crippen molar-refractivity contribution in [2.45, 2.75) is 6.92 Å². The Kier molecular flexibility index (Phi) is 5.43. The van der Waals surface area contributed by atoms with Crippen LogP contribution in [-0.4, -0.2) is 21.7 Å². The number of carbonyl (C=O) groups excluding carboxylic acids is 2. The van der Waals surface area contributed by atoms with Gasteiger partial charge in [-0.3, -0.25) is 15.4 Å². The number of carbonyl (C=O) groups is 2. The van der Waals surface area contributed by atoms with E-state index in [2.05, 4.69) is 15.7 Å². The third kappa shape index (κ3) is 4.27. The summed E-state index contributed by atoms with van der Waals surface area (Å²) >= 11 is 11.9. The van der Waals surface area contributed by atoms with Gasteiger partial charge < -0.3 is 0 Å². The zero-order valence-corrected chi connectivity index (χ0v) is 15.5. The van der Waals surface area contributed by atoms with E-state index in [0.717, 1.165) is 0 Å². The smallest absolute Gasteiger partial charge is 0.292 e. The number of hydrogen-bond acceptors (Lipinski definition) is 3. The molecule has 0 spiro atoms. The first kappa shape index (κ1) is 18.9. The van der Waals surface area contributed by atoms with Gasteiger partial charge in [-0.1, -0.05) is 35.3 Å². The molecule has 3 amide bonds. The van der Waals surface area contributed by atoms with Gasteiger partial charge in [-0.2, -0.15) is 5.10 Å². The van der Waals surface area contributed by atoms with E-state index in [9.17, 15) is 14.0 Å². The number of rotatable bonds is 3. The second-order valence-electron chi connectivity index (χ2n) is 5.57. The first-order valence-corrected chi connectivity index (χ1v) is 8.49. The molecule has 0 unspecified atom stereocenters. The van der Waals surface area contributed by atoms with Crippen LogP contribution in [0.2, 0.25) is 10.0 Å². The van der Waals surface area contributed by atoms with E-state index >= 15 is 0 Å². The lowest BCUT2D eigenvalue weighted by atomic mass is 10.2. The number of amides is 3. The van der Waals surface area contributed by atoms with Crippen molar-refractivity contribution in [3.63, 3.8) is 0 Å². The first-order valence-electron chi connectivity index (χ1n) is 7.74. The predicted octanol–water partition coefficient (Wildman–Crippen LogP) is 4.59. The molecule has 27 heavy (non-hydrogen) atoms. The summed E-state index contributed by atoms with van der Waals surface area (Å²) in [5.41, 5.74) is 1.000. The van der Waals surface area contributed by atoms with Crippen molar-refractivity contribution < 1.29 is 14.0 Å². The van der Waals surface area contributed by atoms with Crippen LogP contribution in [0, 0.1) is 12.7 Å². The molecule has 0 atom stereocenters. The third-order valence-corrected chi connectivity index (χ3v) is 4.17. The van der Waals surface area contributed by atoms with Crippen molar-refractivity contribution in [1.29, 1.82) is 0 Å². The van der Waals surface area contributed by atoms with Gasteiger partial charge in [0.25, 0.3) is 5.91 Å². The molecule has 0 aliphatic carbocycles. The molecule has 0 saturated carbocycles. The van der Waals surface area contributed by atoms with Gasteiger partial charge in [0.2, 0.25) is 0 Å². The van der Waals surface area contributed by atoms with Crippen molar-refractivity contribution in [2.75, 3.05) is 5.32 Å². The average molecular weight is 407 g/mol. The van der Waals surface area contributed by atoms with E-state index in [0.29, 0.717) is 11.4 Å². The van der Waals surface area contributed by atoms with Crippen molar-refractivity contribution >= 4 is 41.0 Å². The van der Waals surface area contributed by atoms with Crippen molar-refractivity contribution in [2.24, 2.45) is 0 Å². The molecule has 0 saturated heterocycles. The maximum atomic E-state index is 13.5. The molecule has 138 valence electrons. The van der Waals surface area contributed by atoms with Crippen LogP contribution in [0.4, 0.5) is 15.0 Å². The molecular formula is C18H13Cl2FN4O2. The minimum Gasteiger partial charge on any atom is -0.292 e. The van der Waals surface area contributed by atoms with E-state index in [1.54, 1.807) is 25.1 Å². The van der Waals surface area contributed by atoms with Gasteiger partial charge >= 0.3 is 6.03 Å². The molecule has 3 rings (SSSR count). The fourth-order valence-corrected chi connectivity index (χ4v) is 2.99. The van der Waals surface area contributed by atoms with Gasteiger partial charge in [0, 0.05) is 6.07 Å². The topological polar surface area (TPSA) is 76.0 Å². The van der Waals surface area contributed by atoms with Crippen LogP contribution in [0.25, 0.3) is 5.69 Å². The number of nitrogens with one attached hydrogen (secondary N) is 2. The average Bonchev–Trinajstić information content (AvgIpc) is 2.94. The highest BCUT2D eigenvalue weighted by molar-refractivity contribution is 6.40. The summed E-state index contributed by atoms with van der Waals surface area (Å²) in [5, 5.41) is 9.12. The molecule has 0 aliphatic heterocycles. The van der Waals surface area contributed by atoms with Crippen LogP contribution in [0.5, 0.6) is 0 Å². The highest BCUT2D eigenvalue weighted by Crippen LogP contribution is 2.24. The SMILES string of the molecule is Cc1cc(NC(=O)NC(=O)c2c(Cl)cccc2Cl)n(-c2cccc(F)c2)n1. The first-order chi connectivity index (χ1) is 12.8. The Hall–Kier alpha value is -2.90. The monoisotopic (exact) mass is 406 g/mol. The standard InChI is InChI=1S/C18H13Cl2FN4O2/c1-10-8-15(25(24-10)12-5-2-4-11(21)9-12)22-18(27)23-17(26)16-13(19)6-3-7-14(16)20/h2-9H,1H3,(H2,22,23,26,27). The van der Waals surface area contributed by atoms with Crippen LogP contribution in [0.1, 0.15) is 16.1 Å². The quantitative estimate of drug-likeness (QED) is 0.667. The number of imide groups is 1. The molecule has 0 fully saturated rings. The fourth-order valence-electron chi connectivity index (χ4n) is 2.42. The minimum absolute atomic E-state index is 0.00852. The van der Waals surface area contributed by atoms with Crippen LogP contribution in [0.3, 0.4) is 0 Å². The molecule has 2 N–H and O–H groups in total. The summed E-state index contributed by atoms with van der Waals surface area (Å²) in [4.78, 5) is 24.5. The molecule has 1 heterocycles. The van der Waals surface area contributed by atoms with Crippen LogP contribution in [-0.2, 0) is 0 Å². The van der Waals surface area contributed by atoms with Gasteiger partial charge in [0.05, 0.1) is 27.0 Å². The molecule has 6 nitrogen and oxygen atoms in total. The molecule has 3 aromatic rings. The number of hydrogen-bond donors (Lipinski definition) is 2. The van der Waals surface area contributed by atoms with Crippen LogP contribution in [0.15, 0.2) is 48.5 Å². The number of anilines is 1. The Bertz CT molecular complexity index is 1020. The number of urea groups is 1. The van der Waals surface area contributed by atoms with Gasteiger partial charge in [0.1, 0.15) is 11.6 Å². The molecular weight excluding hydrogens is 394 g/mol. The Labute approximate surface area is 163 Å². The largest absolute Gasteiger partial charge is 0.327 e. The summed E-state index contributed by atoms with van der Waals surface area (Å²) in [6.07, 6.45) is 0. The predicted molar refractivity (Wildman–Crippen MR) is 101 cm³/mol. The molecule has 0 bridgehead atoms. The second kappa shape index (κ2) is 7.77. The van der Waals surface area contributed by atoms with Gasteiger partial charge in [-0.15, -0.1) is 0 Å². The molecule has 0 aliphatic rings. The van der Waals surface area contributed by atoms with E-state index in [1.807, 2.05) is 0 Å². The zero-order chi connectivity index (χ0) is 19.6. The fraction of sp³-hybridized carbons (Fsp3) is 0.0556. The van der Waals surface area contributed by atoms with Crippen molar-refractivity contribution in [1.82, 2.24) is 15.1 Å². The van der Waals surface area contributed by atoms with Gasteiger partial charge in [-0.25, -0.2) is 13.9 Å². The lowest BCUT2D eigenvalue weighted by Crippen LogP contribution is -2.35. The Balaban J connectivity index is 1.80. The number of aryl methyl sites for hydroxylation is 1. The minimum atomic E-state index is -0.812. The molecule has 1 aromatic heterocycles. The van der Waals surface area contributed by atoms with Crippen LogP contribution < -0.4 is 10.6 Å². The normalized spacial score (nSPS) is 10.5. The molecule has 0 radical (unpaired) electrons. The lowest BCUT2D eigenvalue weighted by molar-refractivity contribution is 0.0967. The molecule has 2 aromatic carbocycles. The second-order valence-corrected chi connectivity index (χ2v) is 6.38. The summed E-state index contributed by atoms with van der Waals surface area (Å²) in [7, 11) is 0. The lowest BCUT2D eigenvalue weighted by Gasteiger charge is -2.10. The van der Waals surface area contributed by atoms with Crippen molar-refractivity contribution in [3.05, 3.63) is 75.7 Å². The zero-order valence-electron chi connectivity index (χ0n) is 14.0. The van der Waals surface area contributed by atoms with Gasteiger partial charge in [0.15, 0.2) is 0 Å². The summed E-state index contributed by atoms with van der Waals surface area (Å²) < 4.78 is 14.8. The summed E-state index contributed by atoms with van der Waals surface area (Å²) in [6, 6.07) is 11.1. The Morgan fingerprint density at radius 2 is 1.74 bits per heavy atom. The summed E-state index contributed by atoms with van der Waals surface area (Å²) in [5.74, 6) is -0.940. The highest BCUT2D eigenvalue weighted by atomic mass is 35.5. The maximum Gasteiger partial charge on any atom is 0.327 e. The number of benzene rings is 2.